The van der Waals surface area contributed by atoms with Gasteiger partial charge < -0.3 is 0 Å². The standard InChI is InChI=1S/C16H15OSi/c1-10-9-14(11(2)12(3)16(10)18)15(17)13-7-5-4-6-8-13/h4-9H,1-3H3. The van der Waals surface area contributed by atoms with E-state index in [1.165, 1.54) is 0 Å². The second-order valence-electron chi connectivity index (χ2n) is 4.56. The number of carbonyl (C=O) groups is 1. The van der Waals surface area contributed by atoms with Crippen LogP contribution >= 0.6 is 0 Å². The molecule has 0 aliphatic rings. The Bertz CT molecular complexity index is 600. The molecule has 0 spiro atoms. The molecule has 0 bridgehead atoms. The van der Waals surface area contributed by atoms with Gasteiger partial charge in [-0.25, -0.2) is 0 Å². The van der Waals surface area contributed by atoms with Gasteiger partial charge in [-0.2, -0.15) is 0 Å². The lowest BCUT2D eigenvalue weighted by molar-refractivity contribution is 0.103. The highest BCUT2D eigenvalue weighted by atomic mass is 28.1. The molecule has 0 unspecified atom stereocenters. The molecule has 18 heavy (non-hydrogen) atoms. The molecule has 0 atom stereocenters. The van der Waals surface area contributed by atoms with Crippen molar-refractivity contribution in [3.8, 4) is 0 Å². The molecule has 0 saturated carbocycles. The topological polar surface area (TPSA) is 17.1 Å². The fourth-order valence-electron chi connectivity index (χ4n) is 2.06. The lowest BCUT2D eigenvalue weighted by Gasteiger charge is -2.13. The molecule has 0 N–H and O–H groups in total. The maximum Gasteiger partial charge on any atom is 0.193 e. The molecule has 0 heterocycles. The molecule has 3 radical (unpaired) electrons. The van der Waals surface area contributed by atoms with Crippen LogP contribution < -0.4 is 5.19 Å². The van der Waals surface area contributed by atoms with Gasteiger partial charge in [0.25, 0.3) is 0 Å². The van der Waals surface area contributed by atoms with E-state index in [2.05, 4.69) is 10.2 Å². The molecule has 2 aromatic carbocycles. The second kappa shape index (κ2) is 4.90. The summed E-state index contributed by atoms with van der Waals surface area (Å²) in [6.45, 7) is 6.04. The van der Waals surface area contributed by atoms with Gasteiger partial charge in [-0.3, -0.25) is 4.79 Å². The summed E-state index contributed by atoms with van der Waals surface area (Å²) in [5.41, 5.74) is 4.79. The predicted molar refractivity (Wildman–Crippen MR) is 75.9 cm³/mol. The summed E-state index contributed by atoms with van der Waals surface area (Å²) in [6.07, 6.45) is 0. The van der Waals surface area contributed by atoms with Crippen LogP contribution in [0.5, 0.6) is 0 Å². The molecule has 0 aromatic heterocycles. The number of carbonyl (C=O) groups excluding carboxylic acids is 1. The van der Waals surface area contributed by atoms with Crippen molar-refractivity contribution in [2.75, 3.05) is 0 Å². The average molecular weight is 251 g/mol. The molecule has 0 aliphatic heterocycles. The van der Waals surface area contributed by atoms with Crippen LogP contribution in [0.25, 0.3) is 0 Å². The van der Waals surface area contributed by atoms with E-state index >= 15 is 0 Å². The monoisotopic (exact) mass is 251 g/mol. The lowest BCUT2D eigenvalue weighted by Crippen LogP contribution is -2.17. The Kier molecular flexibility index (Phi) is 3.48. The molecule has 1 nitrogen and oxygen atoms in total. The van der Waals surface area contributed by atoms with Crippen LogP contribution in [0.2, 0.25) is 0 Å². The van der Waals surface area contributed by atoms with Gasteiger partial charge in [0.2, 0.25) is 0 Å². The highest BCUT2D eigenvalue weighted by Crippen LogP contribution is 2.17. The first-order chi connectivity index (χ1) is 8.52. The number of benzene rings is 2. The van der Waals surface area contributed by atoms with E-state index in [4.69, 9.17) is 0 Å². The Morgan fingerprint density at radius 3 is 2.22 bits per heavy atom. The van der Waals surface area contributed by atoms with Gasteiger partial charge in [-0.05, 0) is 38.0 Å². The third-order valence-corrected chi connectivity index (χ3v) is 4.15. The minimum atomic E-state index is 0.0889. The zero-order valence-corrected chi connectivity index (χ0v) is 11.9. The SMILES string of the molecule is Cc1cc(C(=O)c2ccccc2)c(C)c(C)c1[Si]. The number of hydrogen-bond acceptors (Lipinski definition) is 1. The van der Waals surface area contributed by atoms with Crippen molar-refractivity contribution in [2.24, 2.45) is 0 Å². The minimum absolute atomic E-state index is 0.0889. The third-order valence-electron chi connectivity index (χ3n) is 3.38. The van der Waals surface area contributed by atoms with Gasteiger partial charge in [-0.15, -0.1) is 0 Å². The fraction of sp³-hybridized carbons (Fsp3) is 0.188. The highest BCUT2D eigenvalue weighted by molar-refractivity contribution is 6.34. The van der Waals surface area contributed by atoms with Crippen molar-refractivity contribution in [3.05, 3.63) is 64.2 Å². The van der Waals surface area contributed by atoms with Gasteiger partial charge >= 0.3 is 0 Å². The summed E-state index contributed by atoms with van der Waals surface area (Å²) in [5.74, 6) is 0.0889. The summed E-state index contributed by atoms with van der Waals surface area (Å²) >= 11 is 0. The third kappa shape index (κ3) is 2.16. The van der Waals surface area contributed by atoms with E-state index in [1.807, 2.05) is 57.2 Å². The summed E-state index contributed by atoms with van der Waals surface area (Å²) in [6, 6.07) is 11.4. The Morgan fingerprint density at radius 2 is 1.61 bits per heavy atom. The van der Waals surface area contributed by atoms with Crippen molar-refractivity contribution < 1.29 is 4.79 Å². The molecule has 0 aliphatic carbocycles. The predicted octanol–water partition coefficient (Wildman–Crippen LogP) is 2.64. The molecule has 89 valence electrons. The number of aryl methyl sites for hydroxylation is 1. The van der Waals surface area contributed by atoms with Gasteiger partial charge in [0.15, 0.2) is 5.78 Å². The van der Waals surface area contributed by atoms with Crippen LogP contribution in [0.1, 0.15) is 32.6 Å². The van der Waals surface area contributed by atoms with Crippen LogP contribution in [0.3, 0.4) is 0 Å². The number of rotatable bonds is 2. The Balaban J connectivity index is 2.56. The van der Waals surface area contributed by atoms with Gasteiger partial charge in [-0.1, -0.05) is 41.1 Å². The van der Waals surface area contributed by atoms with Gasteiger partial charge in [0.05, 0.1) is 10.2 Å². The Hall–Kier alpha value is -1.67. The summed E-state index contributed by atoms with van der Waals surface area (Å²) in [7, 11) is 3.61. The summed E-state index contributed by atoms with van der Waals surface area (Å²) in [4.78, 5) is 12.5. The lowest BCUT2D eigenvalue weighted by atomic mass is 9.94. The van der Waals surface area contributed by atoms with Crippen LogP contribution in [0.15, 0.2) is 36.4 Å². The number of ketones is 1. The van der Waals surface area contributed by atoms with Crippen LogP contribution in [-0.2, 0) is 0 Å². The molecule has 2 aromatic rings. The largest absolute Gasteiger partial charge is 0.289 e. The number of hydrogen-bond donors (Lipinski definition) is 0. The van der Waals surface area contributed by atoms with Crippen LogP contribution in [0, 0.1) is 20.8 Å². The van der Waals surface area contributed by atoms with E-state index in [9.17, 15) is 4.79 Å². The normalized spacial score (nSPS) is 10.4. The van der Waals surface area contributed by atoms with E-state index in [0.717, 1.165) is 33.0 Å². The molecule has 0 fully saturated rings. The smallest absolute Gasteiger partial charge is 0.193 e. The maximum atomic E-state index is 12.5. The molecule has 2 heteroatoms. The van der Waals surface area contributed by atoms with Crippen molar-refractivity contribution in [1.29, 1.82) is 0 Å². The second-order valence-corrected chi connectivity index (χ2v) is 5.06. The maximum absolute atomic E-state index is 12.5. The van der Waals surface area contributed by atoms with Crippen molar-refractivity contribution in [1.82, 2.24) is 0 Å². The fourth-order valence-corrected chi connectivity index (χ4v) is 2.32. The zero-order valence-electron chi connectivity index (χ0n) is 10.9. The van der Waals surface area contributed by atoms with E-state index in [1.54, 1.807) is 0 Å². The molecular weight excluding hydrogens is 236 g/mol. The molecule has 0 saturated heterocycles. The first-order valence-electron chi connectivity index (χ1n) is 5.94. The van der Waals surface area contributed by atoms with Crippen molar-refractivity contribution >= 4 is 21.2 Å². The van der Waals surface area contributed by atoms with Crippen molar-refractivity contribution in [2.45, 2.75) is 20.8 Å². The zero-order chi connectivity index (χ0) is 13.3. The van der Waals surface area contributed by atoms with E-state index < -0.39 is 0 Å². The minimum Gasteiger partial charge on any atom is -0.289 e. The quantitative estimate of drug-likeness (QED) is 0.592. The summed E-state index contributed by atoms with van der Waals surface area (Å²) < 4.78 is 0. The van der Waals surface area contributed by atoms with Crippen LogP contribution in [-0.4, -0.2) is 16.0 Å². The first-order valence-corrected chi connectivity index (χ1v) is 6.44. The molecule has 2 rings (SSSR count). The van der Waals surface area contributed by atoms with Crippen LogP contribution in [0.4, 0.5) is 0 Å². The molecule has 0 amide bonds. The highest BCUT2D eigenvalue weighted by Gasteiger charge is 2.14. The molecular formula is C16H15OSi. The van der Waals surface area contributed by atoms with E-state index in [0.29, 0.717) is 0 Å². The van der Waals surface area contributed by atoms with Crippen molar-refractivity contribution in [3.63, 3.8) is 0 Å². The first kappa shape index (κ1) is 12.8. The summed E-state index contributed by atoms with van der Waals surface area (Å²) in [5, 5.41) is 1.08. The van der Waals surface area contributed by atoms with Gasteiger partial charge in [0.1, 0.15) is 0 Å². The Morgan fingerprint density at radius 1 is 1.00 bits per heavy atom. The Labute approximate surface area is 111 Å². The van der Waals surface area contributed by atoms with Gasteiger partial charge in [0, 0.05) is 11.1 Å². The average Bonchev–Trinajstić information content (AvgIpc) is 2.41. The van der Waals surface area contributed by atoms with E-state index in [-0.39, 0.29) is 5.78 Å².